The van der Waals surface area contributed by atoms with E-state index in [1.807, 2.05) is 0 Å². The van der Waals surface area contributed by atoms with Gasteiger partial charge in [0.15, 0.2) is 19.2 Å². The molecule has 0 bridgehead atoms. The van der Waals surface area contributed by atoms with E-state index in [0.29, 0.717) is 11.3 Å². The topological polar surface area (TPSA) is 42.4 Å². The van der Waals surface area contributed by atoms with Crippen LogP contribution in [0.2, 0.25) is 0 Å². The van der Waals surface area contributed by atoms with Gasteiger partial charge in [0.1, 0.15) is 0 Å². The van der Waals surface area contributed by atoms with Crippen molar-refractivity contribution in [1.82, 2.24) is 4.98 Å². The second-order valence-corrected chi connectivity index (χ2v) is 4.00. The van der Waals surface area contributed by atoms with Crippen LogP contribution in [-0.4, -0.2) is 23.6 Å². The molecule has 2 atom stereocenters. The summed E-state index contributed by atoms with van der Waals surface area (Å²) in [4.78, 5) is 4.05. The van der Waals surface area contributed by atoms with Crippen molar-refractivity contribution < 1.29 is 14.2 Å². The summed E-state index contributed by atoms with van der Waals surface area (Å²) >= 11 is 0. The van der Waals surface area contributed by atoms with Crippen LogP contribution < -0.4 is 0 Å². The van der Waals surface area contributed by atoms with Crippen LogP contribution >= 0.6 is 0 Å². The lowest BCUT2D eigenvalue weighted by Crippen LogP contribution is -2.53. The van der Waals surface area contributed by atoms with Crippen LogP contribution in [-0.2, 0) is 17.0 Å². The molecule has 0 fully saturated rings. The highest BCUT2D eigenvalue weighted by atomic mass is 19.1. The van der Waals surface area contributed by atoms with E-state index in [0.717, 1.165) is 5.56 Å². The first kappa shape index (κ1) is 10.6. The van der Waals surface area contributed by atoms with Crippen molar-refractivity contribution in [2.75, 3.05) is 0 Å². The average Bonchev–Trinajstić information content (AvgIpc) is 2.14. The van der Waals surface area contributed by atoms with Crippen LogP contribution in [0, 0.1) is 6.92 Å². The number of ether oxygens (including phenoxy) is 1. The van der Waals surface area contributed by atoms with E-state index in [1.54, 1.807) is 19.2 Å². The summed E-state index contributed by atoms with van der Waals surface area (Å²) < 4.78 is 19.1. The van der Waals surface area contributed by atoms with Crippen molar-refractivity contribution in [1.29, 1.82) is 0 Å². The number of alkyl halides is 1. The number of nitrogens with zero attached hydrogens (tertiary/aromatic N) is 1. The zero-order valence-corrected chi connectivity index (χ0v) is 8.62. The second kappa shape index (κ2) is 3.03. The molecule has 0 amide bonds. The molecule has 2 rings (SSSR count). The molecule has 2 heterocycles. The zero-order valence-electron chi connectivity index (χ0n) is 8.62. The Bertz CT molecular complexity index is 406. The molecule has 1 aromatic rings. The SMILES string of the molecule is [B]C1(O)OCc2ncc(C)cc2C1(C)F. The molecule has 78 valence electrons. The van der Waals surface area contributed by atoms with Crippen molar-refractivity contribution >= 4 is 7.85 Å². The Kier molecular flexibility index (Phi) is 2.13. The molecule has 1 aromatic heterocycles. The molecule has 15 heavy (non-hydrogen) atoms. The maximum absolute atomic E-state index is 14.3. The molecule has 0 aliphatic carbocycles. The van der Waals surface area contributed by atoms with Crippen LogP contribution in [0.3, 0.4) is 0 Å². The van der Waals surface area contributed by atoms with Gasteiger partial charge >= 0.3 is 0 Å². The van der Waals surface area contributed by atoms with Gasteiger partial charge in [0.2, 0.25) is 0 Å². The Morgan fingerprint density at radius 3 is 3.00 bits per heavy atom. The Hall–Kier alpha value is -0.935. The van der Waals surface area contributed by atoms with E-state index in [9.17, 15) is 9.50 Å². The lowest BCUT2D eigenvalue weighted by Gasteiger charge is -2.41. The number of fused-ring (bicyclic) bond motifs is 1. The van der Waals surface area contributed by atoms with Crippen molar-refractivity contribution in [2.45, 2.75) is 31.8 Å². The number of aromatic nitrogens is 1. The van der Waals surface area contributed by atoms with Gasteiger partial charge in [-0.2, -0.15) is 0 Å². The number of hydrogen-bond donors (Lipinski definition) is 1. The molecule has 1 aliphatic heterocycles. The maximum Gasteiger partial charge on any atom is 0.178 e. The highest BCUT2D eigenvalue weighted by molar-refractivity contribution is 6.14. The summed E-state index contributed by atoms with van der Waals surface area (Å²) in [5.74, 6) is 0. The molecule has 0 spiro atoms. The minimum Gasteiger partial charge on any atom is -0.371 e. The minimum absolute atomic E-state index is 0.0160. The van der Waals surface area contributed by atoms with Crippen LogP contribution in [0.5, 0.6) is 0 Å². The third kappa shape index (κ3) is 1.46. The van der Waals surface area contributed by atoms with E-state index < -0.39 is 11.4 Å². The first-order valence-corrected chi connectivity index (χ1v) is 4.65. The molecular weight excluding hydrogens is 196 g/mol. The van der Waals surface area contributed by atoms with Gasteiger partial charge in [-0.3, -0.25) is 4.98 Å². The smallest absolute Gasteiger partial charge is 0.178 e. The van der Waals surface area contributed by atoms with E-state index in [-0.39, 0.29) is 6.61 Å². The van der Waals surface area contributed by atoms with Gasteiger partial charge in [-0.05, 0) is 25.5 Å². The number of aryl methyl sites for hydroxylation is 1. The monoisotopic (exact) mass is 207 g/mol. The van der Waals surface area contributed by atoms with Gasteiger partial charge in [-0.25, -0.2) is 4.39 Å². The van der Waals surface area contributed by atoms with Gasteiger partial charge in [0, 0.05) is 11.8 Å². The minimum atomic E-state index is -2.30. The van der Waals surface area contributed by atoms with Crippen molar-refractivity contribution in [3.8, 4) is 0 Å². The highest BCUT2D eigenvalue weighted by Gasteiger charge is 2.50. The second-order valence-electron chi connectivity index (χ2n) is 4.00. The Balaban J connectivity index is 2.60. The highest BCUT2D eigenvalue weighted by Crippen LogP contribution is 2.41. The third-order valence-electron chi connectivity index (χ3n) is 2.71. The molecule has 1 N–H and O–H groups in total. The number of aliphatic hydroxyl groups is 1. The standard InChI is InChI=1S/C10H11BFNO2/c1-6-3-7-8(13-4-6)5-15-10(11,14)9(7,2)12/h3-4,14H,5H2,1-2H3. The van der Waals surface area contributed by atoms with Crippen molar-refractivity contribution in [3.05, 3.63) is 29.1 Å². The summed E-state index contributed by atoms with van der Waals surface area (Å²) in [5, 5.41) is 9.59. The van der Waals surface area contributed by atoms with E-state index in [2.05, 4.69) is 4.98 Å². The summed E-state index contributed by atoms with van der Waals surface area (Å²) in [5.41, 5.74) is -2.87. The van der Waals surface area contributed by atoms with Gasteiger partial charge in [-0.15, -0.1) is 0 Å². The largest absolute Gasteiger partial charge is 0.371 e. The molecular formula is C10H11BFNO2. The molecule has 0 aromatic carbocycles. The fourth-order valence-corrected chi connectivity index (χ4v) is 1.63. The van der Waals surface area contributed by atoms with Crippen molar-refractivity contribution in [3.63, 3.8) is 0 Å². The third-order valence-corrected chi connectivity index (χ3v) is 2.71. The summed E-state index contributed by atoms with van der Waals surface area (Å²) in [7, 11) is 5.35. The zero-order chi connectivity index (χ0) is 11.3. The van der Waals surface area contributed by atoms with Gasteiger partial charge < -0.3 is 9.84 Å². The molecule has 1 aliphatic rings. The van der Waals surface area contributed by atoms with Gasteiger partial charge in [-0.1, -0.05) is 0 Å². The van der Waals surface area contributed by atoms with E-state index in [4.69, 9.17) is 12.6 Å². The molecule has 0 saturated carbocycles. The van der Waals surface area contributed by atoms with Gasteiger partial charge in [0.25, 0.3) is 0 Å². The van der Waals surface area contributed by atoms with E-state index >= 15 is 0 Å². The van der Waals surface area contributed by atoms with Crippen molar-refractivity contribution in [2.24, 2.45) is 0 Å². The number of rotatable bonds is 0. The molecule has 3 nitrogen and oxygen atoms in total. The summed E-state index contributed by atoms with van der Waals surface area (Å²) in [6.07, 6.45) is 1.62. The van der Waals surface area contributed by atoms with Crippen LogP contribution in [0.25, 0.3) is 0 Å². The molecule has 2 radical (unpaired) electrons. The number of pyridine rings is 1. The quantitative estimate of drug-likeness (QED) is 0.643. The lowest BCUT2D eigenvalue weighted by molar-refractivity contribution is -0.236. The number of hydrogen-bond acceptors (Lipinski definition) is 3. The Labute approximate surface area is 88.7 Å². The fraction of sp³-hybridized carbons (Fsp3) is 0.500. The Morgan fingerprint density at radius 2 is 2.33 bits per heavy atom. The first-order valence-electron chi connectivity index (χ1n) is 4.65. The average molecular weight is 207 g/mol. The molecule has 5 heteroatoms. The molecule has 2 unspecified atom stereocenters. The van der Waals surface area contributed by atoms with Crippen LogP contribution in [0.4, 0.5) is 4.39 Å². The maximum atomic E-state index is 14.3. The lowest BCUT2D eigenvalue weighted by atomic mass is 9.74. The van der Waals surface area contributed by atoms with Crippen LogP contribution in [0.1, 0.15) is 23.7 Å². The van der Waals surface area contributed by atoms with Gasteiger partial charge in [0.05, 0.1) is 12.3 Å². The predicted octanol–water partition coefficient (Wildman–Crippen LogP) is 0.920. The van der Waals surface area contributed by atoms with E-state index in [1.165, 1.54) is 6.92 Å². The fourth-order valence-electron chi connectivity index (χ4n) is 1.63. The molecule has 0 saturated heterocycles. The van der Waals surface area contributed by atoms with Crippen LogP contribution in [0.15, 0.2) is 12.3 Å². The summed E-state index contributed by atoms with van der Waals surface area (Å²) in [6.45, 7) is 3.00. The Morgan fingerprint density at radius 1 is 1.67 bits per heavy atom. The predicted molar refractivity (Wildman–Crippen MR) is 52.9 cm³/mol. The first-order chi connectivity index (χ1) is 6.84. The number of halogens is 1. The normalized spacial score (nSPS) is 34.9. The summed E-state index contributed by atoms with van der Waals surface area (Å²) in [6, 6.07) is 1.63.